The van der Waals surface area contributed by atoms with Gasteiger partial charge in [0.1, 0.15) is 0 Å². The van der Waals surface area contributed by atoms with E-state index in [1.54, 1.807) is 0 Å². The Kier molecular flexibility index (Phi) is 2.60. The second kappa shape index (κ2) is 3.51. The lowest BCUT2D eigenvalue weighted by Gasteiger charge is -2.23. The van der Waals surface area contributed by atoms with Crippen LogP contribution in [0.15, 0.2) is 18.3 Å². The van der Waals surface area contributed by atoms with E-state index >= 15 is 0 Å². The van der Waals surface area contributed by atoms with Gasteiger partial charge < -0.3 is 16.0 Å². The number of hydrogen-bond acceptors (Lipinski definition) is 1. The zero-order valence-corrected chi connectivity index (χ0v) is 7.92. The first-order valence-electron chi connectivity index (χ1n) is 4.19. The normalized spacial score (nSPS) is 11.2. The molecule has 1 aromatic heterocycles. The van der Waals surface area contributed by atoms with Gasteiger partial charge in [0.2, 0.25) is 0 Å². The van der Waals surface area contributed by atoms with Crippen molar-refractivity contribution in [3.05, 3.63) is 24.0 Å². The highest BCUT2D eigenvalue weighted by molar-refractivity contribution is 5.71. The highest BCUT2D eigenvalue weighted by Gasteiger charge is 2.21. The molecule has 0 aliphatic rings. The van der Waals surface area contributed by atoms with Gasteiger partial charge in [0.15, 0.2) is 0 Å². The standard InChI is InChI=1S/C9H15N3O/c1-9(2,6-12-8(10)13)7-4-3-5-11-7/h3-5,11H,6H2,1-2H3,(H3,10,12,13). The van der Waals surface area contributed by atoms with Crippen molar-refractivity contribution in [3.63, 3.8) is 0 Å². The van der Waals surface area contributed by atoms with E-state index in [-0.39, 0.29) is 5.41 Å². The molecule has 4 nitrogen and oxygen atoms in total. The first kappa shape index (κ1) is 9.64. The largest absolute Gasteiger partial charge is 0.364 e. The summed E-state index contributed by atoms with van der Waals surface area (Å²) >= 11 is 0. The zero-order valence-electron chi connectivity index (χ0n) is 7.92. The van der Waals surface area contributed by atoms with E-state index < -0.39 is 6.03 Å². The third-order valence-electron chi connectivity index (χ3n) is 2.03. The summed E-state index contributed by atoms with van der Waals surface area (Å²) in [6, 6.07) is 3.43. The molecule has 2 amide bonds. The Morgan fingerprint density at radius 3 is 2.85 bits per heavy atom. The Balaban J connectivity index is 2.61. The van der Waals surface area contributed by atoms with Crippen LogP contribution in [0.3, 0.4) is 0 Å². The van der Waals surface area contributed by atoms with E-state index in [0.717, 1.165) is 5.69 Å². The SMILES string of the molecule is CC(C)(CNC(N)=O)c1ccc[nH]1. The third-order valence-corrected chi connectivity index (χ3v) is 2.03. The number of H-pyrrole nitrogens is 1. The Morgan fingerprint density at radius 1 is 1.69 bits per heavy atom. The van der Waals surface area contributed by atoms with Crippen LogP contribution in [0.25, 0.3) is 0 Å². The van der Waals surface area contributed by atoms with E-state index in [1.165, 1.54) is 0 Å². The molecule has 4 N–H and O–H groups in total. The number of carbonyl (C=O) groups is 1. The number of urea groups is 1. The molecule has 0 bridgehead atoms. The maximum Gasteiger partial charge on any atom is 0.312 e. The predicted molar refractivity (Wildman–Crippen MR) is 51.4 cm³/mol. The summed E-state index contributed by atoms with van der Waals surface area (Å²) in [6.07, 6.45) is 1.86. The van der Waals surface area contributed by atoms with Crippen molar-refractivity contribution >= 4 is 6.03 Å². The van der Waals surface area contributed by atoms with E-state index in [4.69, 9.17) is 5.73 Å². The summed E-state index contributed by atoms with van der Waals surface area (Å²) in [5.74, 6) is 0. The second-order valence-electron chi connectivity index (χ2n) is 3.69. The van der Waals surface area contributed by atoms with E-state index in [0.29, 0.717) is 6.54 Å². The van der Waals surface area contributed by atoms with Crippen molar-refractivity contribution in [2.75, 3.05) is 6.54 Å². The molecule has 0 aromatic carbocycles. The van der Waals surface area contributed by atoms with Crippen molar-refractivity contribution in [1.29, 1.82) is 0 Å². The molecule has 0 aliphatic carbocycles. The Bertz CT molecular complexity index is 277. The Hall–Kier alpha value is -1.45. The Morgan fingerprint density at radius 2 is 2.38 bits per heavy atom. The molecule has 0 saturated heterocycles. The van der Waals surface area contributed by atoms with Gasteiger partial charge in [0, 0.05) is 23.9 Å². The minimum absolute atomic E-state index is 0.113. The van der Waals surface area contributed by atoms with Crippen molar-refractivity contribution in [1.82, 2.24) is 10.3 Å². The van der Waals surface area contributed by atoms with Crippen LogP contribution < -0.4 is 11.1 Å². The number of rotatable bonds is 3. The molecule has 0 spiro atoms. The van der Waals surface area contributed by atoms with Crippen LogP contribution in [0.5, 0.6) is 0 Å². The summed E-state index contributed by atoms with van der Waals surface area (Å²) in [7, 11) is 0. The molecule has 0 aliphatic heterocycles. The fourth-order valence-electron chi connectivity index (χ4n) is 1.15. The molecule has 0 fully saturated rings. The molecule has 1 rings (SSSR count). The van der Waals surface area contributed by atoms with Gasteiger partial charge >= 0.3 is 6.03 Å². The average molecular weight is 181 g/mol. The smallest absolute Gasteiger partial charge is 0.312 e. The fourth-order valence-corrected chi connectivity index (χ4v) is 1.15. The molecule has 13 heavy (non-hydrogen) atoms. The summed E-state index contributed by atoms with van der Waals surface area (Å²) in [5, 5.41) is 2.59. The lowest BCUT2D eigenvalue weighted by molar-refractivity contribution is 0.246. The number of primary amides is 1. The minimum Gasteiger partial charge on any atom is -0.364 e. The van der Waals surface area contributed by atoms with Crippen LogP contribution in [0.4, 0.5) is 4.79 Å². The number of carbonyl (C=O) groups excluding carboxylic acids is 1. The van der Waals surface area contributed by atoms with E-state index in [9.17, 15) is 4.79 Å². The molecule has 72 valence electrons. The lowest BCUT2D eigenvalue weighted by Crippen LogP contribution is -2.39. The summed E-state index contributed by atoms with van der Waals surface area (Å²) in [6.45, 7) is 4.60. The quantitative estimate of drug-likeness (QED) is 0.638. The lowest BCUT2D eigenvalue weighted by atomic mass is 9.89. The van der Waals surface area contributed by atoms with Gasteiger partial charge in [0.25, 0.3) is 0 Å². The molecule has 4 heteroatoms. The van der Waals surface area contributed by atoms with Crippen LogP contribution in [0.1, 0.15) is 19.5 Å². The molecule has 0 atom stereocenters. The minimum atomic E-state index is -0.486. The van der Waals surface area contributed by atoms with Crippen LogP contribution in [0.2, 0.25) is 0 Å². The fraction of sp³-hybridized carbons (Fsp3) is 0.444. The van der Waals surface area contributed by atoms with Gasteiger partial charge in [-0.2, -0.15) is 0 Å². The first-order chi connectivity index (χ1) is 6.02. The van der Waals surface area contributed by atoms with Crippen molar-refractivity contribution < 1.29 is 4.79 Å². The van der Waals surface area contributed by atoms with Crippen LogP contribution in [0, 0.1) is 0 Å². The monoisotopic (exact) mass is 181 g/mol. The number of nitrogens with two attached hydrogens (primary N) is 1. The van der Waals surface area contributed by atoms with Gasteiger partial charge in [-0.3, -0.25) is 0 Å². The van der Waals surface area contributed by atoms with Crippen molar-refractivity contribution in [2.24, 2.45) is 5.73 Å². The Labute approximate surface area is 77.5 Å². The van der Waals surface area contributed by atoms with Gasteiger partial charge in [0.05, 0.1) is 0 Å². The average Bonchev–Trinajstić information content (AvgIpc) is 2.53. The topological polar surface area (TPSA) is 70.9 Å². The molecule has 1 heterocycles. The number of nitrogens with one attached hydrogen (secondary N) is 2. The maximum atomic E-state index is 10.5. The molecule has 0 saturated carbocycles. The van der Waals surface area contributed by atoms with E-state index in [2.05, 4.69) is 10.3 Å². The summed E-state index contributed by atoms with van der Waals surface area (Å²) in [4.78, 5) is 13.6. The molecule has 1 aromatic rings. The van der Waals surface area contributed by atoms with Crippen molar-refractivity contribution in [2.45, 2.75) is 19.3 Å². The summed E-state index contributed by atoms with van der Waals surface area (Å²) < 4.78 is 0. The molecular formula is C9H15N3O. The zero-order chi connectivity index (χ0) is 9.90. The maximum absolute atomic E-state index is 10.5. The van der Waals surface area contributed by atoms with Crippen molar-refractivity contribution in [3.8, 4) is 0 Å². The number of hydrogen-bond donors (Lipinski definition) is 3. The van der Waals surface area contributed by atoms with Gasteiger partial charge in [-0.05, 0) is 12.1 Å². The number of aromatic nitrogens is 1. The molecule has 0 unspecified atom stereocenters. The van der Waals surface area contributed by atoms with Crippen LogP contribution in [-0.2, 0) is 5.41 Å². The van der Waals surface area contributed by atoms with Gasteiger partial charge in [-0.25, -0.2) is 4.79 Å². The second-order valence-corrected chi connectivity index (χ2v) is 3.69. The highest BCUT2D eigenvalue weighted by atomic mass is 16.2. The third kappa shape index (κ3) is 2.50. The first-order valence-corrected chi connectivity index (χ1v) is 4.19. The molecule has 0 radical (unpaired) electrons. The van der Waals surface area contributed by atoms with Crippen LogP contribution in [-0.4, -0.2) is 17.6 Å². The summed E-state index contributed by atoms with van der Waals surface area (Å²) in [5.41, 5.74) is 5.96. The van der Waals surface area contributed by atoms with Gasteiger partial charge in [-0.15, -0.1) is 0 Å². The number of amides is 2. The highest BCUT2D eigenvalue weighted by Crippen LogP contribution is 2.19. The molecular weight excluding hydrogens is 166 g/mol. The van der Waals surface area contributed by atoms with Gasteiger partial charge in [-0.1, -0.05) is 13.8 Å². The predicted octanol–water partition coefficient (Wildman–Crippen LogP) is 0.961. The van der Waals surface area contributed by atoms with Crippen LogP contribution >= 0.6 is 0 Å². The number of aromatic amines is 1. The van der Waals surface area contributed by atoms with E-state index in [1.807, 2.05) is 32.2 Å².